The fraction of sp³-hybridized carbons (Fsp3) is 0.176. The van der Waals surface area contributed by atoms with Crippen LogP contribution >= 0.6 is 0 Å². The molecule has 2 aromatic carbocycles. The van der Waals surface area contributed by atoms with Gasteiger partial charge in [0.15, 0.2) is 0 Å². The van der Waals surface area contributed by atoms with E-state index in [1.54, 1.807) is 24.3 Å². The molecule has 0 bridgehead atoms. The van der Waals surface area contributed by atoms with Crippen molar-refractivity contribution in [2.24, 2.45) is 0 Å². The molecule has 0 spiro atoms. The lowest BCUT2D eigenvalue weighted by molar-refractivity contribution is -0.137. The molecule has 1 atom stereocenters. The van der Waals surface area contributed by atoms with Gasteiger partial charge in [0, 0.05) is 12.5 Å². The van der Waals surface area contributed by atoms with Gasteiger partial charge in [-0.25, -0.2) is 4.79 Å². The number of carboxylic acids is 1. The van der Waals surface area contributed by atoms with Crippen molar-refractivity contribution in [1.82, 2.24) is 5.48 Å². The van der Waals surface area contributed by atoms with Gasteiger partial charge < -0.3 is 9.94 Å². The zero-order valence-electron chi connectivity index (χ0n) is 11.9. The van der Waals surface area contributed by atoms with Gasteiger partial charge in [-0.1, -0.05) is 48.5 Å². The van der Waals surface area contributed by atoms with E-state index >= 15 is 0 Å². The largest absolute Gasteiger partial charge is 0.481 e. The number of hydroxylamine groups is 1. The highest BCUT2D eigenvalue weighted by Gasteiger charge is 2.16. The number of carbonyl (C=O) groups excluding carboxylic acids is 1. The smallest absolute Gasteiger partial charge is 0.356 e. The summed E-state index contributed by atoms with van der Waals surface area (Å²) in [5, 5.41) is 9.00. The first-order valence-electron chi connectivity index (χ1n) is 6.92. The van der Waals surface area contributed by atoms with Gasteiger partial charge in [-0.3, -0.25) is 4.79 Å². The van der Waals surface area contributed by atoms with Gasteiger partial charge in [0.05, 0.1) is 12.0 Å². The third-order valence-corrected chi connectivity index (χ3v) is 3.20. The van der Waals surface area contributed by atoms with Crippen LogP contribution in [-0.2, 0) is 9.63 Å². The minimum atomic E-state index is -0.898. The van der Waals surface area contributed by atoms with E-state index in [4.69, 9.17) is 9.94 Å². The first-order valence-corrected chi connectivity index (χ1v) is 6.92. The summed E-state index contributed by atoms with van der Waals surface area (Å²) in [6.07, 6.45) is -0.0418. The molecule has 0 heterocycles. The van der Waals surface area contributed by atoms with Crippen LogP contribution in [0.2, 0.25) is 0 Å². The maximum absolute atomic E-state index is 11.8. The third kappa shape index (κ3) is 4.71. The van der Waals surface area contributed by atoms with E-state index in [2.05, 4.69) is 5.48 Å². The minimum Gasteiger partial charge on any atom is -0.481 e. The second-order valence-electron chi connectivity index (χ2n) is 4.81. The molecule has 0 saturated carbocycles. The minimum absolute atomic E-state index is 0.0418. The van der Waals surface area contributed by atoms with Gasteiger partial charge >= 0.3 is 11.9 Å². The van der Waals surface area contributed by atoms with E-state index in [9.17, 15) is 9.59 Å². The number of rotatable bonds is 7. The third-order valence-electron chi connectivity index (χ3n) is 3.20. The highest BCUT2D eigenvalue weighted by atomic mass is 16.7. The molecule has 5 nitrogen and oxygen atoms in total. The second-order valence-corrected chi connectivity index (χ2v) is 4.81. The molecule has 22 heavy (non-hydrogen) atoms. The zero-order chi connectivity index (χ0) is 15.8. The molecular formula is C17H17NO4. The zero-order valence-corrected chi connectivity index (χ0v) is 11.9. The van der Waals surface area contributed by atoms with Gasteiger partial charge in [0.25, 0.3) is 0 Å². The molecule has 2 aromatic rings. The normalized spacial score (nSPS) is 11.6. The summed E-state index contributed by atoms with van der Waals surface area (Å²) in [4.78, 5) is 27.7. The molecule has 0 aliphatic carbocycles. The van der Waals surface area contributed by atoms with Crippen LogP contribution in [-0.4, -0.2) is 23.6 Å². The Balaban J connectivity index is 1.92. The summed E-state index contributed by atoms with van der Waals surface area (Å²) < 4.78 is 0. The average Bonchev–Trinajstić information content (AvgIpc) is 2.55. The number of nitrogens with one attached hydrogen (secondary N) is 1. The maximum Gasteiger partial charge on any atom is 0.356 e. The highest BCUT2D eigenvalue weighted by molar-refractivity contribution is 5.89. The number of hydrogen-bond acceptors (Lipinski definition) is 4. The van der Waals surface area contributed by atoms with Crippen molar-refractivity contribution in [1.29, 1.82) is 0 Å². The SMILES string of the molecule is O=C(O)C[C@H](CNOC(=O)c1ccccc1)c1ccccc1. The van der Waals surface area contributed by atoms with E-state index in [0.717, 1.165) is 5.56 Å². The Morgan fingerprint density at radius 3 is 2.18 bits per heavy atom. The second kappa shape index (κ2) is 7.95. The molecule has 5 heteroatoms. The summed E-state index contributed by atoms with van der Waals surface area (Å²) in [6.45, 7) is 0.231. The Kier molecular flexibility index (Phi) is 5.68. The Bertz CT molecular complexity index is 613. The van der Waals surface area contributed by atoms with Crippen molar-refractivity contribution in [2.75, 3.05) is 6.54 Å². The Morgan fingerprint density at radius 1 is 1.00 bits per heavy atom. The van der Waals surface area contributed by atoms with Gasteiger partial charge in [0.1, 0.15) is 0 Å². The van der Waals surface area contributed by atoms with Crippen molar-refractivity contribution < 1.29 is 19.5 Å². The van der Waals surface area contributed by atoms with Gasteiger partial charge in [-0.2, -0.15) is 5.48 Å². The molecular weight excluding hydrogens is 282 g/mol. The van der Waals surface area contributed by atoms with Crippen molar-refractivity contribution in [3.63, 3.8) is 0 Å². The Hall–Kier alpha value is -2.66. The van der Waals surface area contributed by atoms with Crippen LogP contribution in [0.1, 0.15) is 28.3 Å². The van der Waals surface area contributed by atoms with Crippen LogP contribution in [0.3, 0.4) is 0 Å². The van der Waals surface area contributed by atoms with Crippen molar-refractivity contribution in [3.05, 3.63) is 71.8 Å². The molecule has 0 radical (unpaired) electrons. The fourth-order valence-corrected chi connectivity index (χ4v) is 2.08. The fourth-order valence-electron chi connectivity index (χ4n) is 2.08. The molecule has 2 rings (SSSR count). The van der Waals surface area contributed by atoms with E-state index in [-0.39, 0.29) is 18.9 Å². The number of carboxylic acid groups (broad SMARTS) is 1. The predicted octanol–water partition coefficient (Wildman–Crippen LogP) is 2.61. The standard InChI is InChI=1S/C17H17NO4/c19-16(20)11-15(13-7-3-1-4-8-13)12-18-22-17(21)14-9-5-2-6-10-14/h1-10,15,18H,11-12H2,(H,19,20)/t15-/m1/s1. The molecule has 0 fully saturated rings. The number of carbonyl (C=O) groups is 2. The van der Waals surface area contributed by atoms with Crippen molar-refractivity contribution >= 4 is 11.9 Å². The number of aliphatic carboxylic acids is 1. The molecule has 0 unspecified atom stereocenters. The first kappa shape index (κ1) is 15.7. The monoisotopic (exact) mass is 299 g/mol. The van der Waals surface area contributed by atoms with Gasteiger partial charge in [0.2, 0.25) is 0 Å². The van der Waals surface area contributed by atoms with E-state index in [1.165, 1.54) is 0 Å². The van der Waals surface area contributed by atoms with Crippen molar-refractivity contribution in [3.8, 4) is 0 Å². The van der Waals surface area contributed by atoms with Crippen LogP contribution in [0.15, 0.2) is 60.7 Å². The molecule has 114 valence electrons. The molecule has 2 N–H and O–H groups in total. The summed E-state index contributed by atoms with van der Waals surface area (Å²) in [5.41, 5.74) is 3.89. The molecule has 0 aromatic heterocycles. The summed E-state index contributed by atoms with van der Waals surface area (Å²) in [6, 6.07) is 17.9. The number of benzene rings is 2. The Labute approximate surface area is 128 Å². The van der Waals surface area contributed by atoms with Crippen LogP contribution in [0, 0.1) is 0 Å². The van der Waals surface area contributed by atoms with Crippen LogP contribution < -0.4 is 5.48 Å². The van der Waals surface area contributed by atoms with Crippen LogP contribution in [0.5, 0.6) is 0 Å². The Morgan fingerprint density at radius 2 is 1.59 bits per heavy atom. The topological polar surface area (TPSA) is 75.6 Å². The predicted molar refractivity (Wildman–Crippen MR) is 81.3 cm³/mol. The molecule has 0 aliphatic rings. The lowest BCUT2D eigenvalue weighted by Gasteiger charge is -2.15. The van der Waals surface area contributed by atoms with E-state index in [0.29, 0.717) is 5.56 Å². The van der Waals surface area contributed by atoms with Crippen molar-refractivity contribution in [2.45, 2.75) is 12.3 Å². The van der Waals surface area contributed by atoms with Gasteiger partial charge in [-0.05, 0) is 17.7 Å². The average molecular weight is 299 g/mol. The number of hydrogen-bond donors (Lipinski definition) is 2. The first-order chi connectivity index (χ1) is 10.7. The molecule has 0 saturated heterocycles. The highest BCUT2D eigenvalue weighted by Crippen LogP contribution is 2.18. The molecule has 0 aliphatic heterocycles. The summed E-state index contributed by atoms with van der Waals surface area (Å²) in [5.74, 6) is -1.67. The van der Waals surface area contributed by atoms with Crippen LogP contribution in [0.25, 0.3) is 0 Å². The lowest BCUT2D eigenvalue weighted by atomic mass is 9.96. The van der Waals surface area contributed by atoms with Gasteiger partial charge in [-0.15, -0.1) is 0 Å². The summed E-state index contributed by atoms with van der Waals surface area (Å²) in [7, 11) is 0. The lowest BCUT2D eigenvalue weighted by Crippen LogP contribution is -2.26. The van der Waals surface area contributed by atoms with E-state index in [1.807, 2.05) is 36.4 Å². The maximum atomic E-state index is 11.8. The summed E-state index contributed by atoms with van der Waals surface area (Å²) >= 11 is 0. The quantitative estimate of drug-likeness (QED) is 0.769. The van der Waals surface area contributed by atoms with E-state index < -0.39 is 11.9 Å². The molecule has 0 amide bonds. The van der Waals surface area contributed by atoms with Crippen LogP contribution in [0.4, 0.5) is 0 Å².